The summed E-state index contributed by atoms with van der Waals surface area (Å²) in [5, 5.41) is 15.0. The van der Waals surface area contributed by atoms with Crippen molar-refractivity contribution in [1.29, 1.82) is 0 Å². The van der Waals surface area contributed by atoms with Gasteiger partial charge in [-0.15, -0.1) is 11.3 Å². The third-order valence-corrected chi connectivity index (χ3v) is 3.57. The number of nitrogens with two attached hydrogens (primary N) is 1. The average molecular weight is 264 g/mol. The Morgan fingerprint density at radius 3 is 3.17 bits per heavy atom. The number of hydrogen-bond acceptors (Lipinski definition) is 5. The Labute approximate surface area is 109 Å². The Morgan fingerprint density at radius 1 is 1.61 bits per heavy atom. The fourth-order valence-electron chi connectivity index (χ4n) is 1.77. The number of aromatic nitrogens is 1. The number of fused-ring (bicyclic) bond motifs is 1. The van der Waals surface area contributed by atoms with Crippen molar-refractivity contribution in [3.8, 4) is 0 Å². The number of rotatable bonds is 5. The van der Waals surface area contributed by atoms with Crippen LogP contribution in [-0.2, 0) is 0 Å². The molecule has 0 saturated carbocycles. The monoisotopic (exact) mass is 264 g/mol. The van der Waals surface area contributed by atoms with E-state index in [-0.39, 0.29) is 11.9 Å². The molecule has 6 heteroatoms. The number of anilines is 1. The fraction of sp³-hybridized carbons (Fsp3) is 0.333. The lowest BCUT2D eigenvalue weighted by atomic mass is 10.1. The van der Waals surface area contributed by atoms with Crippen molar-refractivity contribution in [3.63, 3.8) is 0 Å². The van der Waals surface area contributed by atoms with E-state index in [0.717, 1.165) is 22.3 Å². The van der Waals surface area contributed by atoms with E-state index < -0.39 is 0 Å². The summed E-state index contributed by atoms with van der Waals surface area (Å²) in [6.07, 6.45) is 1.42. The summed E-state index contributed by atoms with van der Waals surface area (Å²) in [5.74, 6) is 0.244. The molecule has 1 heterocycles. The second-order valence-electron chi connectivity index (χ2n) is 4.08. The van der Waals surface area contributed by atoms with Crippen LogP contribution in [0.1, 0.15) is 19.8 Å². The van der Waals surface area contributed by atoms with Crippen LogP contribution in [-0.4, -0.2) is 22.1 Å². The summed E-state index contributed by atoms with van der Waals surface area (Å²) < 4.78 is 1.15. The van der Waals surface area contributed by atoms with Gasteiger partial charge in [-0.25, -0.2) is 4.98 Å². The van der Waals surface area contributed by atoms with Crippen molar-refractivity contribution in [2.45, 2.75) is 25.8 Å². The van der Waals surface area contributed by atoms with Gasteiger partial charge in [0, 0.05) is 18.2 Å². The molecule has 4 N–H and O–H groups in total. The molecule has 0 aliphatic rings. The van der Waals surface area contributed by atoms with E-state index in [9.17, 15) is 0 Å². The molecule has 0 fully saturated rings. The molecular weight excluding hydrogens is 248 g/mol. The van der Waals surface area contributed by atoms with Crippen molar-refractivity contribution in [1.82, 2.24) is 4.98 Å². The van der Waals surface area contributed by atoms with Gasteiger partial charge in [-0.1, -0.05) is 12.1 Å². The second kappa shape index (κ2) is 5.68. The Kier molecular flexibility index (Phi) is 3.99. The molecule has 18 heavy (non-hydrogen) atoms. The quantitative estimate of drug-likeness (QED) is 0.335. The van der Waals surface area contributed by atoms with Crippen LogP contribution in [0.4, 0.5) is 5.69 Å². The number of hydrogen-bond donors (Lipinski definition) is 3. The van der Waals surface area contributed by atoms with Crippen LogP contribution in [0.5, 0.6) is 0 Å². The lowest BCUT2D eigenvalue weighted by Crippen LogP contribution is -2.26. The first kappa shape index (κ1) is 12.6. The van der Waals surface area contributed by atoms with Gasteiger partial charge in [0.05, 0.1) is 15.7 Å². The summed E-state index contributed by atoms with van der Waals surface area (Å²) in [6.45, 7) is 2.06. The third-order valence-electron chi connectivity index (χ3n) is 2.78. The summed E-state index contributed by atoms with van der Waals surface area (Å²) in [6, 6.07) is 6.22. The maximum absolute atomic E-state index is 8.59. The first-order valence-corrected chi connectivity index (χ1v) is 6.67. The van der Waals surface area contributed by atoms with E-state index in [2.05, 4.69) is 28.4 Å². The van der Waals surface area contributed by atoms with Crippen molar-refractivity contribution >= 4 is 33.1 Å². The standard InChI is InChI=1S/C12H16N4OS/c1-2-8(6-12(13)16-17)15-9-3-4-10-11(5-9)18-7-14-10/h3-5,7-8,15,17H,2,6H2,1H3,(H2,13,16). The number of nitrogens with one attached hydrogen (secondary N) is 1. The molecule has 1 atom stereocenters. The number of benzene rings is 1. The number of amidine groups is 1. The Balaban J connectivity index is 2.10. The van der Waals surface area contributed by atoms with Crippen molar-refractivity contribution in [2.75, 3.05) is 5.32 Å². The number of oxime groups is 1. The lowest BCUT2D eigenvalue weighted by Gasteiger charge is -2.17. The minimum absolute atomic E-state index is 0.159. The van der Waals surface area contributed by atoms with E-state index in [4.69, 9.17) is 10.9 Å². The maximum atomic E-state index is 8.59. The first-order valence-electron chi connectivity index (χ1n) is 5.79. The summed E-state index contributed by atoms with van der Waals surface area (Å²) in [5.41, 5.74) is 9.41. The van der Waals surface area contributed by atoms with Crippen molar-refractivity contribution in [2.24, 2.45) is 10.9 Å². The van der Waals surface area contributed by atoms with Crippen molar-refractivity contribution in [3.05, 3.63) is 23.7 Å². The van der Waals surface area contributed by atoms with Crippen LogP contribution in [0.2, 0.25) is 0 Å². The summed E-state index contributed by atoms with van der Waals surface area (Å²) in [4.78, 5) is 4.24. The van der Waals surface area contributed by atoms with Crippen LogP contribution in [0.15, 0.2) is 28.9 Å². The van der Waals surface area contributed by atoms with E-state index >= 15 is 0 Å². The lowest BCUT2D eigenvalue weighted by molar-refractivity contribution is 0.316. The zero-order valence-electron chi connectivity index (χ0n) is 10.1. The highest BCUT2D eigenvalue weighted by Crippen LogP contribution is 2.22. The normalized spacial score (nSPS) is 13.7. The number of thiazole rings is 1. The molecule has 2 aromatic rings. The smallest absolute Gasteiger partial charge is 0.141 e. The van der Waals surface area contributed by atoms with E-state index in [1.54, 1.807) is 11.3 Å². The van der Waals surface area contributed by atoms with Crippen LogP contribution in [0.25, 0.3) is 10.2 Å². The van der Waals surface area contributed by atoms with Crippen LogP contribution < -0.4 is 11.1 Å². The Bertz CT molecular complexity index is 552. The van der Waals surface area contributed by atoms with Gasteiger partial charge in [-0.05, 0) is 24.6 Å². The van der Waals surface area contributed by atoms with Crippen molar-refractivity contribution < 1.29 is 5.21 Å². The van der Waals surface area contributed by atoms with Crippen LogP contribution >= 0.6 is 11.3 Å². The van der Waals surface area contributed by atoms with E-state index in [0.29, 0.717) is 6.42 Å². The molecule has 1 aromatic carbocycles. The Morgan fingerprint density at radius 2 is 2.44 bits per heavy atom. The Hall–Kier alpha value is -1.82. The van der Waals surface area contributed by atoms with Gasteiger partial charge in [0.15, 0.2) is 0 Å². The molecule has 5 nitrogen and oxygen atoms in total. The predicted octanol–water partition coefficient (Wildman–Crippen LogP) is 2.62. The molecule has 1 unspecified atom stereocenters. The maximum Gasteiger partial charge on any atom is 0.141 e. The summed E-state index contributed by atoms with van der Waals surface area (Å²) in [7, 11) is 0. The van der Waals surface area contributed by atoms with Gasteiger partial charge >= 0.3 is 0 Å². The zero-order chi connectivity index (χ0) is 13.0. The average Bonchev–Trinajstić information content (AvgIpc) is 2.85. The molecule has 0 aliphatic carbocycles. The molecule has 96 valence electrons. The second-order valence-corrected chi connectivity index (χ2v) is 4.97. The predicted molar refractivity (Wildman–Crippen MR) is 75.3 cm³/mol. The molecule has 0 bridgehead atoms. The minimum Gasteiger partial charge on any atom is -0.409 e. The molecule has 2 rings (SSSR count). The molecule has 1 aromatic heterocycles. The topological polar surface area (TPSA) is 83.5 Å². The van der Waals surface area contributed by atoms with Gasteiger partial charge in [-0.2, -0.15) is 0 Å². The number of nitrogens with zero attached hydrogens (tertiary/aromatic N) is 2. The molecule has 0 radical (unpaired) electrons. The van der Waals surface area contributed by atoms with Gasteiger partial charge < -0.3 is 16.3 Å². The fourth-order valence-corrected chi connectivity index (χ4v) is 2.49. The molecule has 0 amide bonds. The van der Waals surface area contributed by atoms with Gasteiger partial charge in [0.2, 0.25) is 0 Å². The molecule has 0 spiro atoms. The van der Waals surface area contributed by atoms with Crippen LogP contribution in [0, 0.1) is 0 Å². The van der Waals surface area contributed by atoms with Gasteiger partial charge in [-0.3, -0.25) is 0 Å². The highest BCUT2D eigenvalue weighted by Gasteiger charge is 2.09. The minimum atomic E-state index is 0.159. The third kappa shape index (κ3) is 2.89. The molecule has 0 saturated heterocycles. The van der Waals surface area contributed by atoms with E-state index in [1.807, 2.05) is 17.6 Å². The molecular formula is C12H16N4OS. The summed E-state index contributed by atoms with van der Waals surface area (Å²) >= 11 is 1.62. The first-order chi connectivity index (χ1) is 8.72. The van der Waals surface area contributed by atoms with Gasteiger partial charge in [0.1, 0.15) is 5.84 Å². The van der Waals surface area contributed by atoms with Gasteiger partial charge in [0.25, 0.3) is 0 Å². The molecule has 0 aliphatic heterocycles. The highest BCUT2D eigenvalue weighted by atomic mass is 32.1. The van der Waals surface area contributed by atoms with Crippen LogP contribution in [0.3, 0.4) is 0 Å². The zero-order valence-corrected chi connectivity index (χ0v) is 10.9. The SMILES string of the molecule is CCC(C/C(N)=N/O)Nc1ccc2ncsc2c1. The largest absolute Gasteiger partial charge is 0.409 e. The van der Waals surface area contributed by atoms with E-state index in [1.165, 1.54) is 0 Å². The highest BCUT2D eigenvalue weighted by molar-refractivity contribution is 7.16.